The van der Waals surface area contributed by atoms with Crippen LogP contribution in [-0.2, 0) is 6.54 Å². The van der Waals surface area contributed by atoms with Gasteiger partial charge in [-0.05, 0) is 43.3 Å². The highest BCUT2D eigenvalue weighted by atomic mass is 16.5. The first-order chi connectivity index (χ1) is 15.6. The number of hydrogen-bond donors (Lipinski definition) is 1. The van der Waals surface area contributed by atoms with Gasteiger partial charge in [0.2, 0.25) is 5.88 Å². The highest BCUT2D eigenvalue weighted by molar-refractivity contribution is 5.90. The minimum atomic E-state index is 0.201. The Morgan fingerprint density at radius 1 is 1.19 bits per heavy atom. The van der Waals surface area contributed by atoms with E-state index < -0.39 is 0 Å². The standard InChI is InChI=1S/C24H29N7O/c1-4-31-10-8-19(9-11-31)32-24-20-16(2)6-5-7-17(20)12-18(29-24)13-30(3)23-21-22(26-14-25-21)27-15-28-23/h5-7,12,14-15,19H,4,8-11,13H2,1-3H3,(H,25,26,27,28). The van der Waals surface area contributed by atoms with Crippen molar-refractivity contribution < 1.29 is 4.74 Å². The highest BCUT2D eigenvalue weighted by Gasteiger charge is 2.22. The fraction of sp³-hybridized carbons (Fsp3) is 0.417. The minimum Gasteiger partial charge on any atom is -0.474 e. The summed E-state index contributed by atoms with van der Waals surface area (Å²) in [6.45, 7) is 8.19. The number of hydrogen-bond acceptors (Lipinski definition) is 7. The fourth-order valence-electron chi connectivity index (χ4n) is 4.53. The second-order valence-electron chi connectivity index (χ2n) is 8.50. The van der Waals surface area contributed by atoms with E-state index in [2.05, 4.69) is 67.8 Å². The van der Waals surface area contributed by atoms with Crippen molar-refractivity contribution in [1.82, 2.24) is 29.8 Å². The van der Waals surface area contributed by atoms with E-state index in [4.69, 9.17) is 9.72 Å². The molecule has 3 aromatic heterocycles. The van der Waals surface area contributed by atoms with Gasteiger partial charge in [-0.15, -0.1) is 0 Å². The number of H-pyrrole nitrogens is 1. The van der Waals surface area contributed by atoms with Crippen molar-refractivity contribution in [2.24, 2.45) is 0 Å². The van der Waals surface area contributed by atoms with E-state index in [-0.39, 0.29) is 6.10 Å². The third-order valence-corrected chi connectivity index (χ3v) is 6.31. The van der Waals surface area contributed by atoms with Gasteiger partial charge in [-0.3, -0.25) is 0 Å². The molecule has 1 saturated heterocycles. The van der Waals surface area contributed by atoms with Crippen LogP contribution in [-0.4, -0.2) is 62.6 Å². The van der Waals surface area contributed by atoms with Crippen molar-refractivity contribution in [3.05, 3.63) is 48.2 Å². The number of aromatic amines is 1. The van der Waals surface area contributed by atoms with Crippen LogP contribution in [0.25, 0.3) is 21.9 Å². The molecule has 5 rings (SSSR count). The molecule has 0 bridgehead atoms. The molecular weight excluding hydrogens is 402 g/mol. The number of likely N-dealkylation sites (tertiary alicyclic amines) is 1. The molecule has 0 saturated carbocycles. The van der Waals surface area contributed by atoms with Crippen LogP contribution >= 0.6 is 0 Å². The number of piperidine rings is 1. The number of pyridine rings is 1. The number of fused-ring (bicyclic) bond motifs is 2. The summed E-state index contributed by atoms with van der Waals surface area (Å²) in [4.78, 5) is 25.6. The van der Waals surface area contributed by atoms with Crippen LogP contribution in [0.1, 0.15) is 31.0 Å². The monoisotopic (exact) mass is 431 g/mol. The Kier molecular flexibility index (Phi) is 5.61. The second-order valence-corrected chi connectivity index (χ2v) is 8.50. The number of rotatable bonds is 6. The molecule has 0 aliphatic carbocycles. The number of aryl methyl sites for hydroxylation is 1. The maximum absolute atomic E-state index is 6.53. The van der Waals surface area contributed by atoms with Crippen LogP contribution in [0.15, 0.2) is 36.9 Å². The highest BCUT2D eigenvalue weighted by Crippen LogP contribution is 2.31. The molecule has 1 aromatic carbocycles. The van der Waals surface area contributed by atoms with Gasteiger partial charge in [-0.25, -0.2) is 19.9 Å². The zero-order valence-electron chi connectivity index (χ0n) is 18.9. The Bertz CT molecular complexity index is 1230. The first kappa shape index (κ1) is 20.6. The molecule has 0 atom stereocenters. The summed E-state index contributed by atoms with van der Waals surface area (Å²) in [5, 5.41) is 2.26. The van der Waals surface area contributed by atoms with E-state index in [9.17, 15) is 0 Å². The Labute approximate surface area is 187 Å². The number of imidazole rings is 1. The van der Waals surface area contributed by atoms with Crippen LogP contribution in [0, 0.1) is 6.92 Å². The van der Waals surface area contributed by atoms with E-state index >= 15 is 0 Å². The van der Waals surface area contributed by atoms with Crippen molar-refractivity contribution in [3.8, 4) is 5.88 Å². The molecule has 0 radical (unpaired) electrons. The molecule has 8 heteroatoms. The molecule has 32 heavy (non-hydrogen) atoms. The predicted octanol–water partition coefficient (Wildman–Crippen LogP) is 3.71. The van der Waals surface area contributed by atoms with E-state index in [0.29, 0.717) is 12.2 Å². The summed E-state index contributed by atoms with van der Waals surface area (Å²) in [5.74, 6) is 1.54. The third-order valence-electron chi connectivity index (χ3n) is 6.31. The van der Waals surface area contributed by atoms with Gasteiger partial charge in [0.05, 0.1) is 18.6 Å². The normalized spacial score (nSPS) is 15.5. The van der Waals surface area contributed by atoms with Gasteiger partial charge >= 0.3 is 0 Å². The lowest BCUT2D eigenvalue weighted by Gasteiger charge is -2.31. The zero-order chi connectivity index (χ0) is 22.1. The molecule has 0 unspecified atom stereocenters. The Balaban J connectivity index is 1.45. The largest absolute Gasteiger partial charge is 0.474 e. The van der Waals surface area contributed by atoms with Crippen molar-refractivity contribution in [1.29, 1.82) is 0 Å². The van der Waals surface area contributed by atoms with Gasteiger partial charge in [0.1, 0.15) is 17.9 Å². The number of benzene rings is 1. The molecular formula is C24H29N7O. The maximum atomic E-state index is 6.53. The lowest BCUT2D eigenvalue weighted by atomic mass is 10.1. The smallest absolute Gasteiger partial charge is 0.222 e. The van der Waals surface area contributed by atoms with Gasteiger partial charge < -0.3 is 19.5 Å². The van der Waals surface area contributed by atoms with E-state index in [0.717, 1.165) is 66.2 Å². The fourth-order valence-corrected chi connectivity index (χ4v) is 4.53. The average molecular weight is 432 g/mol. The molecule has 1 fully saturated rings. The summed E-state index contributed by atoms with van der Waals surface area (Å²) in [6, 6.07) is 8.50. The number of nitrogens with zero attached hydrogens (tertiary/aromatic N) is 6. The summed E-state index contributed by atoms with van der Waals surface area (Å²) in [6.07, 6.45) is 5.46. The SMILES string of the molecule is CCN1CCC(Oc2nc(CN(C)c3ncnc4nc[nH]c34)cc3cccc(C)c23)CC1. The molecule has 4 aromatic rings. The van der Waals surface area contributed by atoms with Gasteiger partial charge in [0.25, 0.3) is 0 Å². The maximum Gasteiger partial charge on any atom is 0.222 e. The van der Waals surface area contributed by atoms with E-state index in [1.165, 1.54) is 5.56 Å². The first-order valence-electron chi connectivity index (χ1n) is 11.3. The third kappa shape index (κ3) is 3.98. The molecule has 1 N–H and O–H groups in total. The van der Waals surface area contributed by atoms with Crippen molar-refractivity contribution in [2.45, 2.75) is 39.3 Å². The van der Waals surface area contributed by atoms with Crippen LogP contribution < -0.4 is 9.64 Å². The van der Waals surface area contributed by atoms with Crippen molar-refractivity contribution in [2.75, 3.05) is 31.6 Å². The second kappa shape index (κ2) is 8.70. The van der Waals surface area contributed by atoms with E-state index in [1.807, 2.05) is 7.05 Å². The summed E-state index contributed by atoms with van der Waals surface area (Å²) >= 11 is 0. The van der Waals surface area contributed by atoms with Gasteiger partial charge in [-0.2, -0.15) is 0 Å². The van der Waals surface area contributed by atoms with Crippen molar-refractivity contribution >= 4 is 27.8 Å². The topological polar surface area (TPSA) is 83.1 Å². The molecule has 1 aliphatic rings. The Hall–Kier alpha value is -3.26. The van der Waals surface area contributed by atoms with Gasteiger partial charge in [0, 0.05) is 25.5 Å². The zero-order valence-corrected chi connectivity index (χ0v) is 18.9. The molecule has 166 valence electrons. The first-order valence-corrected chi connectivity index (χ1v) is 11.3. The van der Waals surface area contributed by atoms with Crippen LogP contribution in [0.2, 0.25) is 0 Å². The molecule has 4 heterocycles. The summed E-state index contributed by atoms with van der Waals surface area (Å²) < 4.78 is 6.53. The van der Waals surface area contributed by atoms with Crippen LogP contribution in [0.3, 0.4) is 0 Å². The molecule has 8 nitrogen and oxygen atoms in total. The van der Waals surface area contributed by atoms with Crippen LogP contribution in [0.4, 0.5) is 5.82 Å². The molecule has 0 spiro atoms. The quantitative estimate of drug-likeness (QED) is 0.498. The Morgan fingerprint density at radius 2 is 2.03 bits per heavy atom. The minimum absolute atomic E-state index is 0.201. The average Bonchev–Trinajstić information content (AvgIpc) is 3.28. The Morgan fingerprint density at radius 3 is 2.84 bits per heavy atom. The summed E-state index contributed by atoms with van der Waals surface area (Å²) in [5.41, 5.74) is 3.61. The van der Waals surface area contributed by atoms with Crippen molar-refractivity contribution in [3.63, 3.8) is 0 Å². The van der Waals surface area contributed by atoms with Crippen LogP contribution in [0.5, 0.6) is 5.88 Å². The molecule has 0 amide bonds. The van der Waals surface area contributed by atoms with Gasteiger partial charge in [0.15, 0.2) is 11.5 Å². The summed E-state index contributed by atoms with van der Waals surface area (Å²) in [7, 11) is 2.01. The molecule has 1 aliphatic heterocycles. The number of nitrogens with one attached hydrogen (secondary N) is 1. The number of aromatic nitrogens is 5. The number of ether oxygens (including phenoxy) is 1. The lowest BCUT2D eigenvalue weighted by molar-refractivity contribution is 0.101. The lowest BCUT2D eigenvalue weighted by Crippen LogP contribution is -2.38. The predicted molar refractivity (Wildman–Crippen MR) is 126 cm³/mol. The number of anilines is 1. The van der Waals surface area contributed by atoms with E-state index in [1.54, 1.807) is 12.7 Å². The van der Waals surface area contributed by atoms with Gasteiger partial charge in [-0.1, -0.05) is 25.1 Å².